The first-order valence-electron chi connectivity index (χ1n) is 6.07. The van der Waals surface area contributed by atoms with Crippen LogP contribution in [0.4, 0.5) is 0 Å². The molecule has 2 fully saturated rings. The second kappa shape index (κ2) is 4.51. The number of nitrogens with zero attached hydrogens (tertiary/aromatic N) is 2. The lowest BCUT2D eigenvalue weighted by Gasteiger charge is -2.34. The highest BCUT2D eigenvalue weighted by molar-refractivity contribution is 5.01. The standard InChI is InChI=1S/C12H21N3/c13-6-5-12(3-4-12)10-15-7-1-2-11(8-14)9-15/h11H,1-5,7-10,14H2. The maximum Gasteiger partial charge on any atom is 0.0628 e. The zero-order valence-electron chi connectivity index (χ0n) is 9.41. The van der Waals surface area contributed by atoms with Crippen LogP contribution >= 0.6 is 0 Å². The molecular weight excluding hydrogens is 186 g/mol. The largest absolute Gasteiger partial charge is 0.330 e. The van der Waals surface area contributed by atoms with Crippen LogP contribution in [0, 0.1) is 22.7 Å². The van der Waals surface area contributed by atoms with Crippen molar-refractivity contribution in [2.45, 2.75) is 32.1 Å². The van der Waals surface area contributed by atoms with Gasteiger partial charge in [-0.1, -0.05) is 0 Å². The molecule has 0 aromatic carbocycles. The molecule has 0 aromatic rings. The minimum Gasteiger partial charge on any atom is -0.330 e. The van der Waals surface area contributed by atoms with Crippen molar-refractivity contribution in [3.05, 3.63) is 0 Å². The molecule has 1 heterocycles. The normalized spacial score (nSPS) is 29.7. The third-order valence-electron chi connectivity index (χ3n) is 3.91. The molecular formula is C12H21N3. The highest BCUT2D eigenvalue weighted by Crippen LogP contribution is 2.49. The van der Waals surface area contributed by atoms with Crippen molar-refractivity contribution < 1.29 is 0 Å². The molecule has 15 heavy (non-hydrogen) atoms. The molecule has 0 amide bonds. The minimum absolute atomic E-state index is 0.366. The summed E-state index contributed by atoms with van der Waals surface area (Å²) in [6, 6.07) is 2.33. The Morgan fingerprint density at radius 2 is 2.27 bits per heavy atom. The second-order valence-electron chi connectivity index (χ2n) is 5.31. The second-order valence-corrected chi connectivity index (χ2v) is 5.31. The molecule has 84 valence electrons. The molecule has 1 aliphatic carbocycles. The molecule has 0 radical (unpaired) electrons. The van der Waals surface area contributed by atoms with Crippen LogP contribution in [-0.4, -0.2) is 31.1 Å². The van der Waals surface area contributed by atoms with Crippen molar-refractivity contribution in [1.82, 2.24) is 4.90 Å². The van der Waals surface area contributed by atoms with Crippen LogP contribution in [0.25, 0.3) is 0 Å². The van der Waals surface area contributed by atoms with Gasteiger partial charge in [-0.2, -0.15) is 5.26 Å². The van der Waals surface area contributed by atoms with Crippen molar-refractivity contribution in [3.63, 3.8) is 0 Å². The number of likely N-dealkylation sites (tertiary alicyclic amines) is 1. The van der Waals surface area contributed by atoms with Gasteiger partial charge < -0.3 is 10.6 Å². The Morgan fingerprint density at radius 3 is 2.87 bits per heavy atom. The highest BCUT2D eigenvalue weighted by Gasteiger charge is 2.43. The Kier molecular flexibility index (Phi) is 3.28. The van der Waals surface area contributed by atoms with E-state index < -0.39 is 0 Å². The van der Waals surface area contributed by atoms with E-state index in [1.54, 1.807) is 0 Å². The predicted molar refractivity (Wildman–Crippen MR) is 60.1 cm³/mol. The van der Waals surface area contributed by atoms with E-state index in [4.69, 9.17) is 11.0 Å². The number of piperidine rings is 1. The lowest BCUT2D eigenvalue weighted by molar-refractivity contribution is 0.148. The smallest absolute Gasteiger partial charge is 0.0628 e. The van der Waals surface area contributed by atoms with E-state index in [-0.39, 0.29) is 0 Å². The first-order chi connectivity index (χ1) is 7.28. The average molecular weight is 207 g/mol. The Labute approximate surface area is 92.2 Å². The lowest BCUT2D eigenvalue weighted by atomic mass is 9.95. The van der Waals surface area contributed by atoms with Crippen molar-refractivity contribution in [3.8, 4) is 6.07 Å². The van der Waals surface area contributed by atoms with Crippen LogP contribution in [0.15, 0.2) is 0 Å². The number of rotatable bonds is 4. The molecule has 0 aromatic heterocycles. The van der Waals surface area contributed by atoms with Gasteiger partial charge in [-0.15, -0.1) is 0 Å². The van der Waals surface area contributed by atoms with E-state index >= 15 is 0 Å². The summed E-state index contributed by atoms with van der Waals surface area (Å²) in [5, 5.41) is 8.78. The molecule has 0 bridgehead atoms. The monoisotopic (exact) mass is 207 g/mol. The molecule has 2 N–H and O–H groups in total. The topological polar surface area (TPSA) is 53.0 Å². The quantitative estimate of drug-likeness (QED) is 0.757. The Bertz CT molecular complexity index is 252. The molecule has 1 unspecified atom stereocenters. The van der Waals surface area contributed by atoms with E-state index in [0.717, 1.165) is 26.1 Å². The Morgan fingerprint density at radius 1 is 1.47 bits per heavy atom. The first kappa shape index (κ1) is 10.9. The van der Waals surface area contributed by atoms with E-state index in [9.17, 15) is 0 Å². The summed E-state index contributed by atoms with van der Waals surface area (Å²) in [6.45, 7) is 4.33. The molecule has 0 spiro atoms. The molecule has 2 aliphatic rings. The van der Waals surface area contributed by atoms with Gasteiger partial charge in [-0.3, -0.25) is 0 Å². The van der Waals surface area contributed by atoms with Gasteiger partial charge in [0.25, 0.3) is 0 Å². The maximum absolute atomic E-state index is 8.78. The van der Waals surface area contributed by atoms with Crippen LogP contribution < -0.4 is 5.73 Å². The minimum atomic E-state index is 0.366. The third-order valence-corrected chi connectivity index (χ3v) is 3.91. The SMILES string of the molecule is N#CCC1(CN2CCCC(CN)C2)CC1. The molecule has 3 heteroatoms. The van der Waals surface area contributed by atoms with Gasteiger partial charge in [0, 0.05) is 19.5 Å². The van der Waals surface area contributed by atoms with Gasteiger partial charge in [0.1, 0.15) is 0 Å². The third kappa shape index (κ3) is 2.70. The number of nitrogens with two attached hydrogens (primary N) is 1. The van der Waals surface area contributed by atoms with Gasteiger partial charge in [-0.05, 0) is 50.1 Å². The molecule has 1 aliphatic heterocycles. The molecule has 1 saturated heterocycles. The predicted octanol–water partition coefficient (Wildman–Crippen LogP) is 1.35. The van der Waals surface area contributed by atoms with E-state index in [1.807, 2.05) is 0 Å². The van der Waals surface area contributed by atoms with Crippen molar-refractivity contribution in [2.75, 3.05) is 26.2 Å². The van der Waals surface area contributed by atoms with Crippen LogP contribution in [0.1, 0.15) is 32.1 Å². The Balaban J connectivity index is 1.82. The van der Waals surface area contributed by atoms with E-state index in [0.29, 0.717) is 11.3 Å². The summed E-state index contributed by atoms with van der Waals surface area (Å²) in [5.41, 5.74) is 6.09. The number of hydrogen-bond donors (Lipinski definition) is 1. The fourth-order valence-electron chi connectivity index (χ4n) is 2.70. The van der Waals surface area contributed by atoms with Gasteiger partial charge in [0.2, 0.25) is 0 Å². The van der Waals surface area contributed by atoms with Crippen LogP contribution in [-0.2, 0) is 0 Å². The highest BCUT2D eigenvalue weighted by atomic mass is 15.1. The molecule has 1 atom stereocenters. The van der Waals surface area contributed by atoms with Gasteiger partial charge in [0.05, 0.1) is 6.07 Å². The summed E-state index contributed by atoms with van der Waals surface area (Å²) in [7, 11) is 0. The van der Waals surface area contributed by atoms with Gasteiger partial charge >= 0.3 is 0 Å². The summed E-state index contributed by atoms with van der Waals surface area (Å²) in [4.78, 5) is 2.53. The summed E-state index contributed by atoms with van der Waals surface area (Å²) >= 11 is 0. The molecule has 3 nitrogen and oxygen atoms in total. The lowest BCUT2D eigenvalue weighted by Crippen LogP contribution is -2.41. The maximum atomic E-state index is 8.78. The Hall–Kier alpha value is -0.590. The van der Waals surface area contributed by atoms with Gasteiger partial charge in [0.15, 0.2) is 0 Å². The van der Waals surface area contributed by atoms with E-state index in [1.165, 1.54) is 32.2 Å². The molecule has 2 rings (SSSR count). The summed E-state index contributed by atoms with van der Waals surface area (Å²) < 4.78 is 0. The number of hydrogen-bond acceptors (Lipinski definition) is 3. The van der Waals surface area contributed by atoms with Crippen molar-refractivity contribution >= 4 is 0 Å². The summed E-state index contributed by atoms with van der Waals surface area (Å²) in [6.07, 6.45) is 5.83. The zero-order valence-corrected chi connectivity index (χ0v) is 9.41. The van der Waals surface area contributed by atoms with Crippen LogP contribution in [0.5, 0.6) is 0 Å². The van der Waals surface area contributed by atoms with Crippen molar-refractivity contribution in [2.24, 2.45) is 17.1 Å². The first-order valence-corrected chi connectivity index (χ1v) is 6.07. The fraction of sp³-hybridized carbons (Fsp3) is 0.917. The van der Waals surface area contributed by atoms with Crippen molar-refractivity contribution in [1.29, 1.82) is 5.26 Å². The summed E-state index contributed by atoms with van der Waals surface area (Å²) in [5.74, 6) is 0.691. The van der Waals surface area contributed by atoms with Crippen LogP contribution in [0.3, 0.4) is 0 Å². The average Bonchev–Trinajstić information content (AvgIpc) is 2.99. The number of nitriles is 1. The van der Waals surface area contributed by atoms with Gasteiger partial charge in [-0.25, -0.2) is 0 Å². The van der Waals surface area contributed by atoms with E-state index in [2.05, 4.69) is 11.0 Å². The zero-order chi connectivity index (χ0) is 10.7. The fourth-order valence-corrected chi connectivity index (χ4v) is 2.70. The molecule has 1 saturated carbocycles. The van der Waals surface area contributed by atoms with Crippen LogP contribution in [0.2, 0.25) is 0 Å².